The number of nitrogens with one attached hydrogen (secondary N) is 3. The number of hydrogen-bond donors (Lipinski definition) is 3. The summed E-state index contributed by atoms with van der Waals surface area (Å²) < 4.78 is 28.3. The van der Waals surface area contributed by atoms with Gasteiger partial charge in [0.2, 0.25) is 15.9 Å². The Kier molecular flexibility index (Phi) is 7.29. The highest BCUT2D eigenvalue weighted by Gasteiger charge is 2.24. The fraction of sp³-hybridized carbons (Fsp3) is 0.364. The third-order valence-electron chi connectivity index (χ3n) is 5.14. The normalized spacial score (nSPS) is 15.3. The first-order valence-corrected chi connectivity index (χ1v) is 11.7. The number of nitrogens with zero attached hydrogens (tertiary/aromatic N) is 1. The zero-order valence-electron chi connectivity index (χ0n) is 17.7. The zero-order chi connectivity index (χ0) is 22.4. The van der Waals surface area contributed by atoms with E-state index in [1.807, 2.05) is 43.3 Å². The van der Waals surface area contributed by atoms with Crippen molar-refractivity contribution in [2.75, 3.05) is 26.2 Å². The van der Waals surface area contributed by atoms with Crippen molar-refractivity contribution in [3.63, 3.8) is 0 Å². The van der Waals surface area contributed by atoms with Crippen molar-refractivity contribution in [2.24, 2.45) is 0 Å². The topological polar surface area (TPSA) is 108 Å². The van der Waals surface area contributed by atoms with Crippen LogP contribution >= 0.6 is 0 Å². The summed E-state index contributed by atoms with van der Waals surface area (Å²) in [5, 5.41) is 5.57. The van der Waals surface area contributed by atoms with Crippen molar-refractivity contribution < 1.29 is 18.0 Å². The van der Waals surface area contributed by atoms with Crippen molar-refractivity contribution in [3.8, 4) is 0 Å². The molecular weight excluding hydrogens is 416 g/mol. The quantitative estimate of drug-likeness (QED) is 0.578. The van der Waals surface area contributed by atoms with Crippen LogP contribution in [0.3, 0.4) is 0 Å². The first-order valence-electron chi connectivity index (χ1n) is 10.2. The number of amides is 3. The summed E-state index contributed by atoms with van der Waals surface area (Å²) in [4.78, 5) is 26.2. The van der Waals surface area contributed by atoms with Gasteiger partial charge in [-0.2, -0.15) is 0 Å². The van der Waals surface area contributed by atoms with Gasteiger partial charge in [0.1, 0.15) is 6.54 Å². The second-order valence-electron chi connectivity index (χ2n) is 7.66. The predicted molar refractivity (Wildman–Crippen MR) is 118 cm³/mol. The smallest absolute Gasteiger partial charge is 0.317 e. The molecule has 0 aromatic heterocycles. The Morgan fingerprint density at radius 2 is 1.90 bits per heavy atom. The molecule has 2 aromatic rings. The second kappa shape index (κ2) is 9.93. The maximum absolute atomic E-state index is 12.9. The van der Waals surface area contributed by atoms with Crippen LogP contribution in [0.4, 0.5) is 4.79 Å². The summed E-state index contributed by atoms with van der Waals surface area (Å²) in [6.07, 6.45) is 0.775. The van der Waals surface area contributed by atoms with Crippen molar-refractivity contribution in [1.29, 1.82) is 0 Å². The number of urea groups is 1. The van der Waals surface area contributed by atoms with Gasteiger partial charge in [0.25, 0.3) is 0 Å². The Hall–Kier alpha value is -2.91. The van der Waals surface area contributed by atoms with E-state index in [9.17, 15) is 18.0 Å². The van der Waals surface area contributed by atoms with E-state index in [0.717, 1.165) is 17.5 Å². The molecule has 1 fully saturated rings. The van der Waals surface area contributed by atoms with Gasteiger partial charge in [0, 0.05) is 19.6 Å². The maximum atomic E-state index is 12.9. The van der Waals surface area contributed by atoms with Crippen LogP contribution in [0.15, 0.2) is 53.4 Å². The number of benzene rings is 2. The van der Waals surface area contributed by atoms with Crippen LogP contribution in [-0.2, 0) is 14.8 Å². The number of carbonyl (C=O) groups is 2. The van der Waals surface area contributed by atoms with E-state index in [2.05, 4.69) is 15.4 Å². The van der Waals surface area contributed by atoms with Gasteiger partial charge in [-0.3, -0.25) is 4.79 Å². The Morgan fingerprint density at radius 3 is 2.58 bits per heavy atom. The van der Waals surface area contributed by atoms with E-state index in [1.165, 1.54) is 4.90 Å². The lowest BCUT2D eigenvalue weighted by molar-refractivity contribution is -0.122. The van der Waals surface area contributed by atoms with Gasteiger partial charge in [-0.05, 0) is 37.5 Å². The van der Waals surface area contributed by atoms with Gasteiger partial charge >= 0.3 is 6.03 Å². The van der Waals surface area contributed by atoms with Crippen molar-refractivity contribution in [3.05, 3.63) is 65.2 Å². The summed E-state index contributed by atoms with van der Waals surface area (Å²) in [6, 6.07) is 13.4. The third kappa shape index (κ3) is 6.05. The van der Waals surface area contributed by atoms with Crippen LogP contribution in [0.5, 0.6) is 0 Å². The molecule has 31 heavy (non-hydrogen) atoms. The highest BCUT2D eigenvalue weighted by Crippen LogP contribution is 2.18. The van der Waals surface area contributed by atoms with E-state index in [-0.39, 0.29) is 29.9 Å². The van der Waals surface area contributed by atoms with E-state index in [1.54, 1.807) is 19.1 Å². The molecular formula is C22H28N4O4S. The Balaban J connectivity index is 1.72. The molecule has 0 radical (unpaired) electrons. The molecule has 0 aliphatic carbocycles. The van der Waals surface area contributed by atoms with Gasteiger partial charge in [0.05, 0.1) is 10.9 Å². The van der Waals surface area contributed by atoms with Crippen LogP contribution in [-0.4, -0.2) is 51.4 Å². The number of rotatable bonds is 8. The summed E-state index contributed by atoms with van der Waals surface area (Å²) in [6.45, 7) is 4.66. The van der Waals surface area contributed by atoms with E-state index in [4.69, 9.17) is 0 Å². The van der Waals surface area contributed by atoms with Crippen molar-refractivity contribution in [2.45, 2.75) is 31.2 Å². The fourth-order valence-electron chi connectivity index (χ4n) is 3.55. The summed E-state index contributed by atoms with van der Waals surface area (Å²) >= 11 is 0. The lowest BCUT2D eigenvalue weighted by atomic mass is 10.1. The average molecular weight is 445 g/mol. The Morgan fingerprint density at radius 1 is 1.16 bits per heavy atom. The van der Waals surface area contributed by atoms with E-state index < -0.39 is 16.1 Å². The van der Waals surface area contributed by atoms with Gasteiger partial charge in [-0.25, -0.2) is 17.9 Å². The molecule has 1 saturated heterocycles. The Labute approximate surface area is 183 Å². The molecule has 1 heterocycles. The monoisotopic (exact) mass is 444 g/mol. The summed E-state index contributed by atoms with van der Waals surface area (Å²) in [5.74, 6) is -0.350. The highest BCUT2D eigenvalue weighted by molar-refractivity contribution is 7.89. The van der Waals surface area contributed by atoms with Crippen molar-refractivity contribution >= 4 is 22.0 Å². The number of aryl methyl sites for hydroxylation is 2. The predicted octanol–water partition coefficient (Wildman–Crippen LogP) is 1.85. The standard InChI is InChI=1S/C22H28N4O4S/c1-16-9-10-20(17(2)13-16)31(29,30)24-14-19(18-7-4-3-5-8-18)25-21(27)15-26-12-6-11-23-22(26)28/h3-5,7-10,13,19,24H,6,11-12,14-15H2,1-2H3,(H,23,28)(H,25,27)/t19-/m0/s1. The molecule has 0 bridgehead atoms. The van der Waals surface area contributed by atoms with Gasteiger partial charge < -0.3 is 15.5 Å². The Bertz CT molecular complexity index is 1040. The minimum atomic E-state index is -3.76. The van der Waals surface area contributed by atoms with Gasteiger partial charge in [-0.15, -0.1) is 0 Å². The lowest BCUT2D eigenvalue weighted by Crippen LogP contribution is -2.51. The third-order valence-corrected chi connectivity index (χ3v) is 6.72. The van der Waals surface area contributed by atoms with Crippen LogP contribution in [0.25, 0.3) is 0 Å². The molecule has 3 amide bonds. The molecule has 3 N–H and O–H groups in total. The van der Waals surface area contributed by atoms with Gasteiger partial charge in [-0.1, -0.05) is 48.0 Å². The summed E-state index contributed by atoms with van der Waals surface area (Å²) in [7, 11) is -3.76. The maximum Gasteiger partial charge on any atom is 0.317 e. The zero-order valence-corrected chi connectivity index (χ0v) is 18.5. The summed E-state index contributed by atoms with van der Waals surface area (Å²) in [5.41, 5.74) is 2.40. The van der Waals surface area contributed by atoms with Crippen LogP contribution in [0.2, 0.25) is 0 Å². The molecule has 1 atom stereocenters. The number of sulfonamides is 1. The van der Waals surface area contributed by atoms with Crippen LogP contribution < -0.4 is 15.4 Å². The molecule has 1 aliphatic rings. The first kappa shape index (κ1) is 22.8. The van der Waals surface area contributed by atoms with Gasteiger partial charge in [0.15, 0.2) is 0 Å². The molecule has 0 spiro atoms. The van der Waals surface area contributed by atoms with Crippen LogP contribution in [0.1, 0.15) is 29.2 Å². The first-order chi connectivity index (χ1) is 14.8. The second-order valence-corrected chi connectivity index (χ2v) is 9.39. The molecule has 2 aromatic carbocycles. The lowest BCUT2D eigenvalue weighted by Gasteiger charge is -2.28. The minimum absolute atomic E-state index is 0.0163. The minimum Gasteiger partial charge on any atom is -0.346 e. The molecule has 9 heteroatoms. The van der Waals surface area contributed by atoms with E-state index in [0.29, 0.717) is 18.7 Å². The number of carbonyl (C=O) groups excluding carboxylic acids is 2. The molecule has 1 aliphatic heterocycles. The van der Waals surface area contributed by atoms with Crippen LogP contribution in [0, 0.1) is 13.8 Å². The largest absolute Gasteiger partial charge is 0.346 e. The average Bonchev–Trinajstić information content (AvgIpc) is 2.73. The van der Waals surface area contributed by atoms with Crippen molar-refractivity contribution in [1.82, 2.24) is 20.3 Å². The number of hydrogen-bond acceptors (Lipinski definition) is 4. The highest BCUT2D eigenvalue weighted by atomic mass is 32.2. The molecule has 166 valence electrons. The fourth-order valence-corrected chi connectivity index (χ4v) is 4.82. The SMILES string of the molecule is Cc1ccc(S(=O)(=O)NC[C@H](NC(=O)CN2CCCNC2=O)c2ccccc2)c(C)c1. The molecule has 0 unspecified atom stereocenters. The molecule has 8 nitrogen and oxygen atoms in total. The molecule has 0 saturated carbocycles. The van der Waals surface area contributed by atoms with E-state index >= 15 is 0 Å². The molecule has 3 rings (SSSR count).